The van der Waals surface area contributed by atoms with Crippen LogP contribution in [0.25, 0.3) is 15.9 Å². The van der Waals surface area contributed by atoms with Gasteiger partial charge in [0.15, 0.2) is 5.16 Å². The third-order valence-electron chi connectivity index (χ3n) is 6.09. The number of aryl methyl sites for hydroxylation is 3. The summed E-state index contributed by atoms with van der Waals surface area (Å²) >= 11 is 2.76. The molecular formula is C26H23N5O4S2. The summed E-state index contributed by atoms with van der Waals surface area (Å²) in [6.45, 7) is 1.99. The van der Waals surface area contributed by atoms with Crippen molar-refractivity contribution in [2.45, 2.75) is 37.8 Å². The number of aromatic nitrogens is 2. The van der Waals surface area contributed by atoms with E-state index in [0.29, 0.717) is 21.8 Å². The molecule has 9 nitrogen and oxygen atoms in total. The molecule has 0 saturated heterocycles. The van der Waals surface area contributed by atoms with E-state index in [9.17, 15) is 19.7 Å². The Labute approximate surface area is 220 Å². The predicted molar refractivity (Wildman–Crippen MR) is 146 cm³/mol. The monoisotopic (exact) mass is 533 g/mol. The van der Waals surface area contributed by atoms with Crippen molar-refractivity contribution in [1.29, 1.82) is 0 Å². The van der Waals surface area contributed by atoms with Crippen LogP contribution in [-0.2, 0) is 17.6 Å². The molecule has 11 heteroatoms. The molecule has 0 aliphatic heterocycles. The van der Waals surface area contributed by atoms with Gasteiger partial charge in [-0.05, 0) is 68.0 Å². The first-order valence-electron chi connectivity index (χ1n) is 11.7. The largest absolute Gasteiger partial charge is 0.272 e. The van der Waals surface area contributed by atoms with E-state index in [1.807, 2.05) is 31.2 Å². The first kappa shape index (κ1) is 24.8. The maximum absolute atomic E-state index is 13.8. The summed E-state index contributed by atoms with van der Waals surface area (Å²) in [5.41, 5.74) is 5.86. The van der Waals surface area contributed by atoms with Crippen molar-refractivity contribution in [3.63, 3.8) is 0 Å². The standard InChI is InChI=1S/C26H23N5O4S2/c1-16-6-10-18(11-7-16)30-25(33)23-20-4-2-3-5-21(20)37-24(23)28-26(30)36-15-22(32)29-27-14-17-8-12-19(13-9-17)31(34)35/h6-14H,2-5,15H2,1H3,(H,29,32)/b27-14-. The van der Waals surface area contributed by atoms with Gasteiger partial charge in [0.25, 0.3) is 17.2 Å². The van der Waals surface area contributed by atoms with Gasteiger partial charge in [0.1, 0.15) is 4.83 Å². The number of nitro benzene ring substituents is 1. The van der Waals surface area contributed by atoms with Crippen molar-refractivity contribution in [3.05, 3.63) is 90.6 Å². The average Bonchev–Trinajstić information content (AvgIpc) is 3.27. The second-order valence-corrected chi connectivity index (χ2v) is 10.7. The molecule has 2 aromatic carbocycles. The van der Waals surface area contributed by atoms with Crippen LogP contribution in [0.2, 0.25) is 0 Å². The molecule has 0 saturated carbocycles. The lowest BCUT2D eigenvalue weighted by molar-refractivity contribution is -0.384. The van der Waals surface area contributed by atoms with Gasteiger partial charge in [0, 0.05) is 17.0 Å². The molecule has 0 bridgehead atoms. The number of non-ortho nitro benzene ring substituents is 1. The van der Waals surface area contributed by atoms with E-state index in [2.05, 4.69) is 10.5 Å². The van der Waals surface area contributed by atoms with Crippen LogP contribution in [0.4, 0.5) is 5.69 Å². The molecule has 0 radical (unpaired) electrons. The summed E-state index contributed by atoms with van der Waals surface area (Å²) in [5, 5.41) is 15.9. The van der Waals surface area contributed by atoms with Crippen molar-refractivity contribution in [1.82, 2.24) is 15.0 Å². The number of hydrazone groups is 1. The number of nitrogens with one attached hydrogen (secondary N) is 1. The van der Waals surface area contributed by atoms with Crippen LogP contribution in [-0.4, -0.2) is 32.3 Å². The van der Waals surface area contributed by atoms with Crippen molar-refractivity contribution in [3.8, 4) is 5.69 Å². The fourth-order valence-corrected chi connectivity index (χ4v) is 6.34. The van der Waals surface area contributed by atoms with Gasteiger partial charge in [-0.15, -0.1) is 11.3 Å². The van der Waals surface area contributed by atoms with Crippen LogP contribution in [0.3, 0.4) is 0 Å². The summed E-state index contributed by atoms with van der Waals surface area (Å²) in [4.78, 5) is 43.3. The Morgan fingerprint density at radius 1 is 1.19 bits per heavy atom. The summed E-state index contributed by atoms with van der Waals surface area (Å²) in [5.74, 6) is -0.356. The second kappa shape index (κ2) is 10.7. The van der Waals surface area contributed by atoms with Gasteiger partial charge in [-0.3, -0.25) is 24.3 Å². The molecular weight excluding hydrogens is 510 g/mol. The van der Waals surface area contributed by atoms with Gasteiger partial charge in [-0.2, -0.15) is 5.10 Å². The van der Waals surface area contributed by atoms with Gasteiger partial charge in [0.05, 0.1) is 28.0 Å². The number of rotatable bonds is 7. The first-order valence-corrected chi connectivity index (χ1v) is 13.5. The van der Waals surface area contributed by atoms with Crippen molar-refractivity contribution in [2.24, 2.45) is 5.10 Å². The normalized spacial score (nSPS) is 13.1. The quantitative estimate of drug-likeness (QED) is 0.120. The number of nitro groups is 1. The van der Waals surface area contributed by atoms with E-state index in [1.165, 1.54) is 35.0 Å². The summed E-state index contributed by atoms with van der Waals surface area (Å²) in [7, 11) is 0. The average molecular weight is 534 g/mol. The van der Waals surface area contributed by atoms with E-state index in [1.54, 1.807) is 28.0 Å². The number of hydrogen-bond donors (Lipinski definition) is 1. The highest BCUT2D eigenvalue weighted by atomic mass is 32.2. The second-order valence-electron chi connectivity index (χ2n) is 8.69. The fourth-order valence-electron chi connectivity index (χ4n) is 4.23. The Kier molecular flexibility index (Phi) is 7.15. The third-order valence-corrected chi connectivity index (χ3v) is 8.21. The molecule has 5 rings (SSSR count). The first-order chi connectivity index (χ1) is 17.9. The molecule has 4 aromatic rings. The number of carbonyl (C=O) groups is 1. The van der Waals surface area contributed by atoms with E-state index in [4.69, 9.17) is 4.98 Å². The third kappa shape index (κ3) is 5.32. The van der Waals surface area contributed by atoms with E-state index >= 15 is 0 Å². The van der Waals surface area contributed by atoms with Crippen LogP contribution in [0.15, 0.2) is 63.6 Å². The summed E-state index contributed by atoms with van der Waals surface area (Å²) in [6.07, 6.45) is 5.46. The Bertz CT molecular complexity index is 1570. The van der Waals surface area contributed by atoms with Crippen molar-refractivity contribution >= 4 is 51.1 Å². The van der Waals surface area contributed by atoms with Crippen LogP contribution < -0.4 is 11.0 Å². The lowest BCUT2D eigenvalue weighted by Gasteiger charge is -2.13. The molecule has 2 heterocycles. The lowest BCUT2D eigenvalue weighted by Crippen LogP contribution is -2.24. The topological polar surface area (TPSA) is 119 Å². The van der Waals surface area contributed by atoms with Gasteiger partial charge in [-0.25, -0.2) is 10.4 Å². The number of thioether (sulfide) groups is 1. The number of amides is 1. The van der Waals surface area contributed by atoms with Crippen LogP contribution in [0.1, 0.15) is 34.4 Å². The predicted octanol–water partition coefficient (Wildman–Crippen LogP) is 4.79. The Morgan fingerprint density at radius 2 is 1.92 bits per heavy atom. The van der Waals surface area contributed by atoms with Crippen molar-refractivity contribution < 1.29 is 9.72 Å². The zero-order valence-corrected chi connectivity index (χ0v) is 21.6. The zero-order chi connectivity index (χ0) is 25.9. The van der Waals surface area contributed by atoms with Gasteiger partial charge < -0.3 is 0 Å². The smallest absolute Gasteiger partial charge is 0.269 e. The van der Waals surface area contributed by atoms with Crippen LogP contribution in [0.5, 0.6) is 0 Å². The molecule has 2 aromatic heterocycles. The minimum absolute atomic E-state index is 0.00645. The van der Waals surface area contributed by atoms with Gasteiger partial charge >= 0.3 is 0 Å². The SMILES string of the molecule is Cc1ccc(-n2c(SCC(=O)N/N=C\c3ccc([N+](=O)[O-])cc3)nc3sc4c(c3c2=O)CCCC4)cc1. The molecule has 0 atom stereocenters. The minimum Gasteiger partial charge on any atom is -0.272 e. The van der Waals surface area contributed by atoms with E-state index in [0.717, 1.165) is 41.6 Å². The molecule has 37 heavy (non-hydrogen) atoms. The molecule has 0 unspecified atom stereocenters. The number of fused-ring (bicyclic) bond motifs is 3. The Balaban J connectivity index is 1.38. The minimum atomic E-state index is -0.479. The lowest BCUT2D eigenvalue weighted by atomic mass is 9.97. The molecule has 1 N–H and O–H groups in total. The molecule has 0 fully saturated rings. The maximum Gasteiger partial charge on any atom is 0.269 e. The number of benzene rings is 2. The summed E-state index contributed by atoms with van der Waals surface area (Å²) < 4.78 is 1.60. The highest BCUT2D eigenvalue weighted by molar-refractivity contribution is 7.99. The highest BCUT2D eigenvalue weighted by Crippen LogP contribution is 2.35. The van der Waals surface area contributed by atoms with Gasteiger partial charge in [0.2, 0.25) is 0 Å². The summed E-state index contributed by atoms with van der Waals surface area (Å²) in [6, 6.07) is 13.5. The molecule has 188 valence electrons. The van der Waals surface area contributed by atoms with E-state index in [-0.39, 0.29) is 22.9 Å². The van der Waals surface area contributed by atoms with Crippen molar-refractivity contribution in [2.75, 3.05) is 5.75 Å². The van der Waals surface area contributed by atoms with Crippen LogP contribution in [0, 0.1) is 17.0 Å². The Hall–Kier alpha value is -3.83. The molecule has 0 spiro atoms. The molecule has 1 aliphatic rings. The number of hydrogen-bond acceptors (Lipinski definition) is 8. The maximum atomic E-state index is 13.8. The molecule has 1 amide bonds. The number of carbonyl (C=O) groups excluding carboxylic acids is 1. The zero-order valence-electron chi connectivity index (χ0n) is 20.0. The number of nitrogens with zero attached hydrogens (tertiary/aromatic N) is 4. The molecule has 1 aliphatic carbocycles. The fraction of sp³-hybridized carbons (Fsp3) is 0.231. The highest BCUT2D eigenvalue weighted by Gasteiger charge is 2.23. The van der Waals surface area contributed by atoms with E-state index < -0.39 is 4.92 Å². The van der Waals surface area contributed by atoms with Crippen LogP contribution >= 0.6 is 23.1 Å². The van der Waals surface area contributed by atoms with Gasteiger partial charge in [-0.1, -0.05) is 29.5 Å². The number of thiophene rings is 1. The Morgan fingerprint density at radius 3 is 2.65 bits per heavy atom.